The smallest absolute Gasteiger partial charge is 0.0794 e. The van der Waals surface area contributed by atoms with Crippen LogP contribution >= 0.6 is 23.1 Å². The molecule has 2 N–H and O–H groups in total. The van der Waals surface area contributed by atoms with Crippen molar-refractivity contribution < 1.29 is 0 Å². The minimum Gasteiger partial charge on any atom is -0.312 e. The highest BCUT2D eigenvalue weighted by Gasteiger charge is 2.15. The minimum atomic E-state index is 0.854. The summed E-state index contributed by atoms with van der Waals surface area (Å²) >= 11 is 3.83. The molecule has 0 aliphatic carbocycles. The molecule has 2 aromatic rings. The summed E-state index contributed by atoms with van der Waals surface area (Å²) < 4.78 is 0. The van der Waals surface area contributed by atoms with E-state index in [0.29, 0.717) is 0 Å². The summed E-state index contributed by atoms with van der Waals surface area (Å²) in [5, 5.41) is 12.9. The van der Waals surface area contributed by atoms with E-state index in [4.69, 9.17) is 0 Å². The Balaban J connectivity index is 1.58. The molecule has 0 bridgehead atoms. The fourth-order valence-corrected chi connectivity index (χ4v) is 4.27. The van der Waals surface area contributed by atoms with Crippen LogP contribution in [0.25, 0.3) is 10.6 Å². The van der Waals surface area contributed by atoms with Crippen LogP contribution in [0, 0.1) is 5.92 Å². The molecule has 1 aliphatic rings. The monoisotopic (exact) mass is 279 g/mol. The lowest BCUT2D eigenvalue weighted by atomic mass is 10.1. The molecule has 1 unspecified atom stereocenters. The van der Waals surface area contributed by atoms with Crippen LogP contribution in [-0.2, 0) is 6.54 Å². The Morgan fingerprint density at radius 1 is 1.50 bits per heavy atom. The highest BCUT2D eigenvalue weighted by atomic mass is 32.2. The van der Waals surface area contributed by atoms with E-state index in [1.54, 1.807) is 11.3 Å². The maximum atomic E-state index is 4.17. The van der Waals surface area contributed by atoms with E-state index in [1.165, 1.54) is 34.1 Å². The van der Waals surface area contributed by atoms with Gasteiger partial charge in [0.05, 0.1) is 16.8 Å². The Labute approximate surface area is 115 Å². The molecule has 0 aromatic carbocycles. The highest BCUT2D eigenvalue weighted by molar-refractivity contribution is 7.99. The summed E-state index contributed by atoms with van der Waals surface area (Å²) in [7, 11) is 0. The number of nitrogens with one attached hydrogen (secondary N) is 2. The Bertz CT molecular complexity index is 472. The fraction of sp³-hybridized carbons (Fsp3) is 0.462. The van der Waals surface area contributed by atoms with Gasteiger partial charge in [-0.2, -0.15) is 16.9 Å². The Morgan fingerprint density at radius 2 is 2.50 bits per heavy atom. The second-order valence-corrected chi connectivity index (χ2v) is 6.71. The standard InChI is InChI=1S/C13H17N3S2/c1-2-12(18-4-1)13-11(8-15-16-13)7-14-6-10-3-5-17-9-10/h1-2,4,8,10,14H,3,5-7,9H2,(H,15,16). The van der Waals surface area contributed by atoms with Gasteiger partial charge in [0.2, 0.25) is 0 Å². The Kier molecular flexibility index (Phi) is 4.02. The molecule has 1 atom stereocenters. The zero-order valence-electron chi connectivity index (χ0n) is 10.2. The van der Waals surface area contributed by atoms with Crippen molar-refractivity contribution in [2.24, 2.45) is 5.92 Å². The molecule has 3 heterocycles. The number of thiophene rings is 1. The number of nitrogens with zero attached hydrogens (tertiary/aromatic N) is 1. The van der Waals surface area contributed by atoms with Crippen LogP contribution in [0.2, 0.25) is 0 Å². The van der Waals surface area contributed by atoms with Crippen molar-refractivity contribution in [3.05, 3.63) is 29.3 Å². The zero-order valence-corrected chi connectivity index (χ0v) is 11.8. The van der Waals surface area contributed by atoms with Crippen molar-refractivity contribution in [1.82, 2.24) is 15.5 Å². The molecule has 18 heavy (non-hydrogen) atoms. The van der Waals surface area contributed by atoms with Crippen LogP contribution in [0.5, 0.6) is 0 Å². The van der Waals surface area contributed by atoms with Crippen molar-refractivity contribution in [2.75, 3.05) is 18.1 Å². The van der Waals surface area contributed by atoms with Crippen LogP contribution in [0.1, 0.15) is 12.0 Å². The molecule has 1 fully saturated rings. The molecule has 3 nitrogen and oxygen atoms in total. The van der Waals surface area contributed by atoms with Gasteiger partial charge in [-0.15, -0.1) is 11.3 Å². The van der Waals surface area contributed by atoms with Crippen molar-refractivity contribution in [2.45, 2.75) is 13.0 Å². The summed E-state index contributed by atoms with van der Waals surface area (Å²) in [4.78, 5) is 1.26. The molecule has 5 heteroatoms. The van der Waals surface area contributed by atoms with Crippen molar-refractivity contribution >= 4 is 23.1 Å². The van der Waals surface area contributed by atoms with E-state index in [9.17, 15) is 0 Å². The van der Waals surface area contributed by atoms with Gasteiger partial charge >= 0.3 is 0 Å². The fourth-order valence-electron chi connectivity index (χ4n) is 2.23. The van der Waals surface area contributed by atoms with Crippen LogP contribution in [-0.4, -0.2) is 28.2 Å². The summed E-state index contributed by atoms with van der Waals surface area (Å²) in [6, 6.07) is 4.21. The first kappa shape index (κ1) is 12.3. The molecule has 1 saturated heterocycles. The molecule has 96 valence electrons. The van der Waals surface area contributed by atoms with Crippen LogP contribution in [0.4, 0.5) is 0 Å². The topological polar surface area (TPSA) is 40.7 Å². The Hall–Kier alpha value is -0.780. The molecule has 2 aromatic heterocycles. The summed E-state index contributed by atoms with van der Waals surface area (Å²) in [6.45, 7) is 2.03. The molecule has 3 rings (SSSR count). The molecule has 0 amide bonds. The van der Waals surface area contributed by atoms with E-state index in [1.807, 2.05) is 6.20 Å². The number of H-pyrrole nitrogens is 1. The van der Waals surface area contributed by atoms with Gasteiger partial charge in [-0.25, -0.2) is 0 Å². The molecular weight excluding hydrogens is 262 g/mol. The summed E-state index contributed by atoms with van der Waals surface area (Å²) in [5.41, 5.74) is 2.43. The van der Waals surface area contributed by atoms with Crippen LogP contribution in [0.3, 0.4) is 0 Å². The predicted octanol–water partition coefficient (Wildman–Crippen LogP) is 2.98. The Morgan fingerprint density at radius 3 is 3.28 bits per heavy atom. The maximum Gasteiger partial charge on any atom is 0.0794 e. The second kappa shape index (κ2) is 5.91. The lowest BCUT2D eigenvalue weighted by Gasteiger charge is -2.09. The SMILES string of the molecule is c1csc(-c2[nH]ncc2CNCC2CCSC2)c1. The molecule has 0 spiro atoms. The quantitative estimate of drug-likeness (QED) is 0.884. The largest absolute Gasteiger partial charge is 0.312 e. The first-order valence-corrected chi connectivity index (χ1v) is 8.31. The highest BCUT2D eigenvalue weighted by Crippen LogP contribution is 2.26. The minimum absolute atomic E-state index is 0.854. The van der Waals surface area contributed by atoms with Crippen LogP contribution < -0.4 is 5.32 Å². The van der Waals surface area contributed by atoms with E-state index in [0.717, 1.165) is 19.0 Å². The average Bonchev–Trinajstić information content (AvgIpc) is 3.12. The van der Waals surface area contributed by atoms with Crippen molar-refractivity contribution in [3.8, 4) is 10.6 Å². The van der Waals surface area contributed by atoms with Gasteiger partial charge in [-0.05, 0) is 41.8 Å². The lowest BCUT2D eigenvalue weighted by Crippen LogP contribution is -2.22. The first-order chi connectivity index (χ1) is 8.93. The van der Waals surface area contributed by atoms with Gasteiger partial charge in [0.1, 0.15) is 0 Å². The number of hydrogen-bond donors (Lipinski definition) is 2. The predicted molar refractivity (Wildman–Crippen MR) is 79.0 cm³/mol. The number of rotatable bonds is 5. The maximum absolute atomic E-state index is 4.17. The van der Waals surface area contributed by atoms with Gasteiger partial charge in [0, 0.05) is 12.1 Å². The average molecular weight is 279 g/mol. The van der Waals surface area contributed by atoms with Crippen molar-refractivity contribution in [3.63, 3.8) is 0 Å². The van der Waals surface area contributed by atoms with E-state index in [2.05, 4.69) is 44.8 Å². The van der Waals surface area contributed by atoms with Gasteiger partial charge in [0.15, 0.2) is 0 Å². The van der Waals surface area contributed by atoms with Gasteiger partial charge in [0.25, 0.3) is 0 Å². The molecular formula is C13H17N3S2. The number of aromatic amines is 1. The second-order valence-electron chi connectivity index (χ2n) is 4.61. The van der Waals surface area contributed by atoms with E-state index >= 15 is 0 Å². The van der Waals surface area contributed by atoms with E-state index in [-0.39, 0.29) is 0 Å². The number of aromatic nitrogens is 2. The third kappa shape index (κ3) is 2.79. The van der Waals surface area contributed by atoms with Crippen molar-refractivity contribution in [1.29, 1.82) is 0 Å². The molecule has 0 radical (unpaired) electrons. The van der Waals surface area contributed by atoms with Gasteiger partial charge in [-0.1, -0.05) is 6.07 Å². The van der Waals surface area contributed by atoms with Gasteiger partial charge < -0.3 is 5.32 Å². The molecule has 0 saturated carbocycles. The van der Waals surface area contributed by atoms with Crippen LogP contribution in [0.15, 0.2) is 23.7 Å². The van der Waals surface area contributed by atoms with E-state index < -0.39 is 0 Å². The molecule has 1 aliphatic heterocycles. The normalized spacial score (nSPS) is 19.4. The lowest BCUT2D eigenvalue weighted by molar-refractivity contribution is 0.523. The summed E-state index contributed by atoms with van der Waals surface area (Å²) in [5.74, 6) is 3.50. The number of hydrogen-bond acceptors (Lipinski definition) is 4. The first-order valence-electron chi connectivity index (χ1n) is 6.28. The third-order valence-electron chi connectivity index (χ3n) is 3.26. The third-order valence-corrected chi connectivity index (χ3v) is 5.38. The zero-order chi connectivity index (χ0) is 12.2. The summed E-state index contributed by atoms with van der Waals surface area (Å²) in [6.07, 6.45) is 3.30. The van der Waals surface area contributed by atoms with Gasteiger partial charge in [-0.3, -0.25) is 5.10 Å². The number of thioether (sulfide) groups is 1.